The third-order valence-electron chi connectivity index (χ3n) is 1.22. The van der Waals surface area contributed by atoms with Crippen molar-refractivity contribution in [3.05, 3.63) is 12.2 Å². The standard InChI is InChI=1S/C9H12O5/c1-9(2,3)14-8(11)13-7-5-4-6(10)12-7/h4-5,7H,1-3H3/t7-/m1/s1. The smallest absolute Gasteiger partial charge is 0.428 e. The summed E-state index contributed by atoms with van der Waals surface area (Å²) in [6.45, 7) is 5.14. The summed E-state index contributed by atoms with van der Waals surface area (Å²) in [5.41, 5.74) is -0.622. The maximum absolute atomic E-state index is 11.1. The first kappa shape index (κ1) is 10.6. The molecule has 5 nitrogen and oxygen atoms in total. The van der Waals surface area contributed by atoms with Crippen molar-refractivity contribution in [2.45, 2.75) is 32.7 Å². The Morgan fingerprint density at radius 1 is 1.50 bits per heavy atom. The number of hydrogen-bond donors (Lipinski definition) is 0. The fourth-order valence-corrected chi connectivity index (χ4v) is 0.782. The van der Waals surface area contributed by atoms with E-state index in [2.05, 4.69) is 9.47 Å². The van der Waals surface area contributed by atoms with Crippen molar-refractivity contribution in [2.75, 3.05) is 0 Å². The second-order valence-electron chi connectivity index (χ2n) is 3.75. The summed E-state index contributed by atoms with van der Waals surface area (Å²) in [4.78, 5) is 21.6. The Kier molecular flexibility index (Phi) is 2.78. The van der Waals surface area contributed by atoms with Gasteiger partial charge in [-0.2, -0.15) is 0 Å². The van der Waals surface area contributed by atoms with Crippen LogP contribution in [0.3, 0.4) is 0 Å². The zero-order valence-corrected chi connectivity index (χ0v) is 8.27. The van der Waals surface area contributed by atoms with Gasteiger partial charge in [-0.3, -0.25) is 0 Å². The van der Waals surface area contributed by atoms with E-state index < -0.39 is 24.0 Å². The van der Waals surface area contributed by atoms with E-state index in [-0.39, 0.29) is 0 Å². The molecular formula is C9H12O5. The molecule has 14 heavy (non-hydrogen) atoms. The fourth-order valence-electron chi connectivity index (χ4n) is 0.782. The quantitative estimate of drug-likeness (QED) is 0.598. The van der Waals surface area contributed by atoms with Crippen LogP contribution in [0, 0.1) is 0 Å². The van der Waals surface area contributed by atoms with Gasteiger partial charge in [-0.05, 0) is 20.8 Å². The molecule has 78 valence electrons. The summed E-state index contributed by atoms with van der Waals surface area (Å²) in [6.07, 6.45) is 0.709. The van der Waals surface area contributed by atoms with E-state index in [4.69, 9.17) is 4.74 Å². The SMILES string of the molecule is CC(C)(C)OC(=O)O[C@@H]1C=CC(=O)O1. The molecule has 0 unspecified atom stereocenters. The molecular weight excluding hydrogens is 188 g/mol. The first-order chi connectivity index (χ1) is 6.37. The van der Waals surface area contributed by atoms with E-state index in [1.807, 2.05) is 0 Å². The van der Waals surface area contributed by atoms with Crippen molar-refractivity contribution in [2.24, 2.45) is 0 Å². The Balaban J connectivity index is 2.35. The number of carbonyl (C=O) groups excluding carboxylic acids is 2. The van der Waals surface area contributed by atoms with Crippen LogP contribution >= 0.6 is 0 Å². The lowest BCUT2D eigenvalue weighted by atomic mass is 10.2. The van der Waals surface area contributed by atoms with Crippen LogP contribution < -0.4 is 0 Å². The molecule has 1 aliphatic rings. The predicted molar refractivity (Wildman–Crippen MR) is 46.3 cm³/mol. The highest BCUT2D eigenvalue weighted by molar-refractivity contribution is 5.84. The number of esters is 1. The largest absolute Gasteiger partial charge is 0.512 e. The molecule has 1 heterocycles. The van der Waals surface area contributed by atoms with Crippen LogP contribution in [0.4, 0.5) is 4.79 Å². The Morgan fingerprint density at radius 2 is 2.14 bits per heavy atom. The molecule has 0 aromatic rings. The molecule has 0 saturated heterocycles. The summed E-state index contributed by atoms with van der Waals surface area (Å²) >= 11 is 0. The average Bonchev–Trinajstić information content (AvgIpc) is 2.30. The summed E-state index contributed by atoms with van der Waals surface area (Å²) in [5.74, 6) is -0.529. The lowest BCUT2D eigenvalue weighted by molar-refractivity contribution is -0.154. The van der Waals surface area contributed by atoms with Gasteiger partial charge in [0.15, 0.2) is 0 Å². The second-order valence-corrected chi connectivity index (χ2v) is 3.75. The maximum atomic E-state index is 11.1. The highest BCUT2D eigenvalue weighted by atomic mass is 16.8. The molecule has 0 bridgehead atoms. The van der Waals surface area contributed by atoms with Crippen LogP contribution in [-0.4, -0.2) is 24.0 Å². The Labute approximate surface area is 81.6 Å². The molecule has 0 saturated carbocycles. The average molecular weight is 200 g/mol. The third-order valence-corrected chi connectivity index (χ3v) is 1.22. The van der Waals surface area contributed by atoms with Crippen molar-refractivity contribution in [1.29, 1.82) is 0 Å². The van der Waals surface area contributed by atoms with Crippen molar-refractivity contribution < 1.29 is 23.8 Å². The van der Waals surface area contributed by atoms with Crippen molar-refractivity contribution >= 4 is 12.1 Å². The van der Waals surface area contributed by atoms with Gasteiger partial charge in [-0.1, -0.05) is 0 Å². The summed E-state index contributed by atoms with van der Waals surface area (Å²) in [6, 6.07) is 0. The number of ether oxygens (including phenoxy) is 3. The first-order valence-corrected chi connectivity index (χ1v) is 4.15. The van der Waals surface area contributed by atoms with E-state index in [1.54, 1.807) is 20.8 Å². The van der Waals surface area contributed by atoms with Gasteiger partial charge in [0, 0.05) is 12.2 Å². The van der Waals surface area contributed by atoms with Gasteiger partial charge in [0.05, 0.1) is 0 Å². The lowest BCUT2D eigenvalue weighted by Gasteiger charge is -2.19. The van der Waals surface area contributed by atoms with Crippen LogP contribution in [0.25, 0.3) is 0 Å². The zero-order chi connectivity index (χ0) is 10.8. The normalized spacial score (nSPS) is 20.5. The van der Waals surface area contributed by atoms with Gasteiger partial charge < -0.3 is 14.2 Å². The van der Waals surface area contributed by atoms with Gasteiger partial charge >= 0.3 is 12.1 Å². The number of hydrogen-bond acceptors (Lipinski definition) is 5. The van der Waals surface area contributed by atoms with E-state index in [0.717, 1.165) is 0 Å². The van der Waals surface area contributed by atoms with Crippen LogP contribution in [0.1, 0.15) is 20.8 Å². The maximum Gasteiger partial charge on any atom is 0.512 e. The lowest BCUT2D eigenvalue weighted by Crippen LogP contribution is -2.27. The number of rotatable bonds is 1. The summed E-state index contributed by atoms with van der Waals surface area (Å²) in [5, 5.41) is 0. The molecule has 5 heteroatoms. The minimum atomic E-state index is -0.961. The van der Waals surface area contributed by atoms with Gasteiger partial charge in [-0.15, -0.1) is 0 Å². The minimum absolute atomic E-state index is 0.529. The van der Waals surface area contributed by atoms with Crippen molar-refractivity contribution in [1.82, 2.24) is 0 Å². The van der Waals surface area contributed by atoms with E-state index >= 15 is 0 Å². The molecule has 0 spiro atoms. The highest BCUT2D eigenvalue weighted by Crippen LogP contribution is 2.12. The number of carbonyl (C=O) groups is 2. The topological polar surface area (TPSA) is 61.8 Å². The third kappa shape index (κ3) is 3.47. The van der Waals surface area contributed by atoms with Gasteiger partial charge in [0.25, 0.3) is 6.29 Å². The Hall–Kier alpha value is -1.52. The Bertz CT molecular complexity index is 273. The van der Waals surface area contributed by atoms with Crippen LogP contribution in [0.2, 0.25) is 0 Å². The molecule has 0 aliphatic carbocycles. The molecule has 1 atom stereocenters. The molecule has 1 aliphatic heterocycles. The fraction of sp³-hybridized carbons (Fsp3) is 0.556. The van der Waals surface area contributed by atoms with Crippen molar-refractivity contribution in [3.8, 4) is 0 Å². The van der Waals surface area contributed by atoms with Crippen LogP contribution in [0.15, 0.2) is 12.2 Å². The zero-order valence-electron chi connectivity index (χ0n) is 8.27. The second kappa shape index (κ2) is 3.69. The van der Waals surface area contributed by atoms with E-state index in [0.29, 0.717) is 0 Å². The van der Waals surface area contributed by atoms with Gasteiger partial charge in [0.2, 0.25) is 0 Å². The molecule has 0 aromatic carbocycles. The van der Waals surface area contributed by atoms with Gasteiger partial charge in [-0.25, -0.2) is 9.59 Å². The minimum Gasteiger partial charge on any atom is -0.428 e. The molecule has 0 N–H and O–H groups in total. The molecule has 0 amide bonds. The monoisotopic (exact) mass is 200 g/mol. The van der Waals surface area contributed by atoms with Gasteiger partial charge in [0.1, 0.15) is 5.60 Å². The molecule has 0 aromatic heterocycles. The van der Waals surface area contributed by atoms with Crippen LogP contribution in [-0.2, 0) is 19.0 Å². The summed E-state index contributed by atoms with van der Waals surface area (Å²) < 4.78 is 14.1. The van der Waals surface area contributed by atoms with Crippen molar-refractivity contribution in [3.63, 3.8) is 0 Å². The molecule has 0 fully saturated rings. The number of cyclic esters (lactones) is 1. The summed E-state index contributed by atoms with van der Waals surface area (Å²) in [7, 11) is 0. The first-order valence-electron chi connectivity index (χ1n) is 4.15. The predicted octanol–water partition coefficient (Wildman–Crippen LogP) is 1.38. The van der Waals surface area contributed by atoms with E-state index in [1.165, 1.54) is 12.2 Å². The van der Waals surface area contributed by atoms with E-state index in [9.17, 15) is 9.59 Å². The highest BCUT2D eigenvalue weighted by Gasteiger charge is 2.24. The molecule has 0 radical (unpaired) electrons. The Morgan fingerprint density at radius 3 is 2.57 bits per heavy atom. The van der Waals surface area contributed by atoms with Crippen LogP contribution in [0.5, 0.6) is 0 Å². The molecule has 1 rings (SSSR count).